The molecule has 19 heavy (non-hydrogen) atoms. The zero-order valence-electron chi connectivity index (χ0n) is 9.57. The number of amides is 1. The number of carbonyl (C=O) groups excluding carboxylic acids is 1. The molecular weight excluding hydrogens is 270 g/mol. The molecule has 2 aromatic rings. The van der Waals surface area contributed by atoms with Crippen LogP contribution >= 0.6 is 11.5 Å². The molecule has 0 spiro atoms. The van der Waals surface area contributed by atoms with Gasteiger partial charge in [-0.3, -0.25) is 4.79 Å². The van der Waals surface area contributed by atoms with Gasteiger partial charge in [-0.05, 0) is 35.8 Å². The third kappa shape index (κ3) is 3.75. The fraction of sp³-hybridized carbons (Fsp3) is 0.0909. The van der Waals surface area contributed by atoms with Crippen molar-refractivity contribution >= 4 is 29.1 Å². The van der Waals surface area contributed by atoms with Crippen LogP contribution in [0.25, 0.3) is 0 Å². The fourth-order valence-electron chi connectivity index (χ4n) is 1.24. The molecule has 7 nitrogen and oxygen atoms in total. The third-order valence-electron chi connectivity index (χ3n) is 2.07. The molecule has 1 heterocycles. The molecule has 0 saturated heterocycles. The van der Waals surface area contributed by atoms with Crippen molar-refractivity contribution in [3.63, 3.8) is 0 Å². The number of nitrogens with one attached hydrogen (secondary N) is 1. The number of carbonyl (C=O) groups is 2. The van der Waals surface area contributed by atoms with Crippen molar-refractivity contribution in [2.45, 2.75) is 0 Å². The van der Waals surface area contributed by atoms with Gasteiger partial charge in [0.25, 0.3) is 5.91 Å². The highest BCUT2D eigenvalue weighted by Crippen LogP contribution is 2.16. The lowest BCUT2D eigenvalue weighted by Crippen LogP contribution is -2.12. The number of carboxylic acid groups (broad SMARTS) is 1. The van der Waals surface area contributed by atoms with E-state index in [0.717, 1.165) is 11.5 Å². The SMILES string of the molecule is O=C(O)COc1ccc(NC(=O)c2csnn2)cc1. The molecule has 1 amide bonds. The fourth-order valence-corrected chi connectivity index (χ4v) is 1.67. The number of ether oxygens (including phenoxy) is 1. The van der Waals surface area contributed by atoms with E-state index in [1.165, 1.54) is 0 Å². The van der Waals surface area contributed by atoms with E-state index < -0.39 is 12.6 Å². The van der Waals surface area contributed by atoms with E-state index in [4.69, 9.17) is 9.84 Å². The van der Waals surface area contributed by atoms with Crippen LogP contribution in [0.1, 0.15) is 10.5 Å². The summed E-state index contributed by atoms with van der Waals surface area (Å²) in [5.74, 6) is -0.989. The smallest absolute Gasteiger partial charge is 0.341 e. The average Bonchev–Trinajstić information content (AvgIpc) is 2.92. The molecule has 0 bridgehead atoms. The summed E-state index contributed by atoms with van der Waals surface area (Å²) < 4.78 is 8.56. The first-order valence-electron chi connectivity index (χ1n) is 5.18. The number of anilines is 1. The van der Waals surface area contributed by atoms with Crippen LogP contribution in [0.4, 0.5) is 5.69 Å². The molecule has 0 radical (unpaired) electrons. The van der Waals surface area contributed by atoms with Crippen LogP contribution in [-0.2, 0) is 4.79 Å². The molecule has 8 heteroatoms. The van der Waals surface area contributed by atoms with Gasteiger partial charge >= 0.3 is 5.97 Å². The summed E-state index contributed by atoms with van der Waals surface area (Å²) in [6.45, 7) is -0.407. The molecule has 0 aliphatic carbocycles. The first-order valence-corrected chi connectivity index (χ1v) is 6.02. The van der Waals surface area contributed by atoms with Crippen molar-refractivity contribution in [1.82, 2.24) is 9.59 Å². The highest BCUT2D eigenvalue weighted by molar-refractivity contribution is 7.03. The second-order valence-electron chi connectivity index (χ2n) is 3.45. The predicted molar refractivity (Wildman–Crippen MR) is 67.4 cm³/mol. The topological polar surface area (TPSA) is 101 Å². The van der Waals surface area contributed by atoms with Crippen LogP contribution in [0.3, 0.4) is 0 Å². The zero-order valence-corrected chi connectivity index (χ0v) is 10.4. The molecule has 0 aliphatic rings. The van der Waals surface area contributed by atoms with Crippen molar-refractivity contribution in [2.24, 2.45) is 0 Å². The maximum absolute atomic E-state index is 11.7. The number of carboxylic acids is 1. The van der Waals surface area contributed by atoms with Crippen molar-refractivity contribution in [3.05, 3.63) is 35.3 Å². The second kappa shape index (κ2) is 5.91. The molecule has 2 N–H and O–H groups in total. The number of hydrogen-bond acceptors (Lipinski definition) is 6. The molecule has 0 aliphatic heterocycles. The first-order chi connectivity index (χ1) is 9.15. The Balaban J connectivity index is 1.95. The Morgan fingerprint density at radius 3 is 2.63 bits per heavy atom. The summed E-state index contributed by atoms with van der Waals surface area (Å²) >= 11 is 1.09. The average molecular weight is 279 g/mol. The minimum atomic E-state index is -1.05. The summed E-state index contributed by atoms with van der Waals surface area (Å²) in [7, 11) is 0. The lowest BCUT2D eigenvalue weighted by atomic mass is 10.3. The first kappa shape index (κ1) is 13.0. The summed E-state index contributed by atoms with van der Waals surface area (Å²) in [6, 6.07) is 6.35. The Kier molecular flexibility index (Phi) is 4.04. The number of aliphatic carboxylic acids is 1. The Bertz CT molecular complexity index is 568. The van der Waals surface area contributed by atoms with E-state index in [1.807, 2.05) is 0 Å². The van der Waals surface area contributed by atoms with Crippen molar-refractivity contribution in [1.29, 1.82) is 0 Å². The summed E-state index contributed by atoms with van der Waals surface area (Å²) in [6.07, 6.45) is 0. The molecule has 2 rings (SSSR count). The molecular formula is C11H9N3O4S. The highest BCUT2D eigenvalue weighted by Gasteiger charge is 2.08. The lowest BCUT2D eigenvalue weighted by molar-refractivity contribution is -0.139. The lowest BCUT2D eigenvalue weighted by Gasteiger charge is -2.05. The van der Waals surface area contributed by atoms with Crippen LogP contribution in [0.5, 0.6) is 5.75 Å². The van der Waals surface area contributed by atoms with Crippen LogP contribution < -0.4 is 10.1 Å². The number of nitrogens with zero attached hydrogens (tertiary/aromatic N) is 2. The number of hydrogen-bond donors (Lipinski definition) is 2. The van der Waals surface area contributed by atoms with Gasteiger partial charge in [-0.25, -0.2) is 4.79 Å². The van der Waals surface area contributed by atoms with Gasteiger partial charge in [0.2, 0.25) is 0 Å². The van der Waals surface area contributed by atoms with Gasteiger partial charge in [-0.1, -0.05) is 4.49 Å². The third-order valence-corrected chi connectivity index (χ3v) is 2.57. The Morgan fingerprint density at radius 2 is 2.05 bits per heavy atom. The predicted octanol–water partition coefficient (Wildman–Crippen LogP) is 1.25. The van der Waals surface area contributed by atoms with Crippen LogP contribution in [0, 0.1) is 0 Å². The molecule has 98 valence electrons. The van der Waals surface area contributed by atoms with Crippen molar-refractivity contribution in [2.75, 3.05) is 11.9 Å². The monoisotopic (exact) mass is 279 g/mol. The maximum atomic E-state index is 11.7. The minimum absolute atomic E-state index is 0.246. The van der Waals surface area contributed by atoms with Crippen LogP contribution in [0.2, 0.25) is 0 Å². The molecule has 1 aromatic carbocycles. The van der Waals surface area contributed by atoms with Gasteiger partial charge in [-0.15, -0.1) is 5.10 Å². The number of benzene rings is 1. The van der Waals surface area contributed by atoms with E-state index in [-0.39, 0.29) is 11.6 Å². The Hall–Kier alpha value is -2.48. The van der Waals surface area contributed by atoms with Gasteiger partial charge < -0.3 is 15.2 Å². The second-order valence-corrected chi connectivity index (χ2v) is 4.06. The minimum Gasteiger partial charge on any atom is -0.482 e. The van der Waals surface area contributed by atoms with Crippen LogP contribution in [0.15, 0.2) is 29.6 Å². The summed E-state index contributed by atoms with van der Waals surface area (Å²) in [4.78, 5) is 22.0. The zero-order chi connectivity index (χ0) is 13.7. The van der Waals surface area contributed by atoms with Crippen LogP contribution in [-0.4, -0.2) is 33.2 Å². The summed E-state index contributed by atoms with van der Waals surface area (Å²) in [5.41, 5.74) is 0.803. The van der Waals surface area contributed by atoms with E-state index in [0.29, 0.717) is 11.4 Å². The number of aromatic nitrogens is 2. The molecule has 0 fully saturated rings. The maximum Gasteiger partial charge on any atom is 0.341 e. The molecule has 0 atom stereocenters. The van der Waals surface area contributed by atoms with Gasteiger partial charge in [0.05, 0.1) is 0 Å². The van der Waals surface area contributed by atoms with E-state index in [2.05, 4.69) is 14.9 Å². The number of rotatable bonds is 5. The molecule has 0 unspecified atom stereocenters. The van der Waals surface area contributed by atoms with Gasteiger partial charge in [0, 0.05) is 11.1 Å². The molecule has 0 saturated carbocycles. The molecule has 1 aromatic heterocycles. The largest absolute Gasteiger partial charge is 0.482 e. The highest BCUT2D eigenvalue weighted by atomic mass is 32.1. The normalized spacial score (nSPS) is 9.89. The van der Waals surface area contributed by atoms with Crippen molar-refractivity contribution < 1.29 is 19.4 Å². The Morgan fingerprint density at radius 1 is 1.32 bits per heavy atom. The van der Waals surface area contributed by atoms with Gasteiger partial charge in [-0.2, -0.15) is 0 Å². The van der Waals surface area contributed by atoms with E-state index in [1.54, 1.807) is 29.6 Å². The van der Waals surface area contributed by atoms with Gasteiger partial charge in [0.15, 0.2) is 12.3 Å². The van der Waals surface area contributed by atoms with Gasteiger partial charge in [0.1, 0.15) is 5.75 Å². The quantitative estimate of drug-likeness (QED) is 0.854. The Labute approximate surface area is 112 Å². The summed E-state index contributed by atoms with van der Waals surface area (Å²) in [5, 5.41) is 16.3. The van der Waals surface area contributed by atoms with Crippen molar-refractivity contribution in [3.8, 4) is 5.75 Å². The van der Waals surface area contributed by atoms with E-state index >= 15 is 0 Å². The standard InChI is InChI=1S/C11H9N3O4S/c15-10(16)5-18-8-3-1-7(2-4-8)12-11(17)9-6-19-14-13-9/h1-4,6H,5H2,(H,12,17)(H,15,16). The van der Waals surface area contributed by atoms with E-state index in [9.17, 15) is 9.59 Å².